The Hall–Kier alpha value is -0.900. The summed E-state index contributed by atoms with van der Waals surface area (Å²) in [7, 11) is 4.39. The van der Waals surface area contributed by atoms with E-state index in [9.17, 15) is 0 Å². The Labute approximate surface area is 164 Å². The molecule has 0 unspecified atom stereocenters. The summed E-state index contributed by atoms with van der Waals surface area (Å²) in [6.45, 7) is 16.3. The molecule has 3 heteroatoms. The molecule has 152 valence electrons. The van der Waals surface area contributed by atoms with Crippen molar-refractivity contribution in [3.05, 3.63) is 35.4 Å². The molecule has 0 N–H and O–H groups in total. The molecule has 0 saturated carbocycles. The van der Waals surface area contributed by atoms with Crippen molar-refractivity contribution in [2.24, 2.45) is 0 Å². The summed E-state index contributed by atoms with van der Waals surface area (Å²) in [6, 6.07) is 9.18. The zero-order valence-electron chi connectivity index (χ0n) is 17.6. The van der Waals surface area contributed by atoms with Gasteiger partial charge in [-0.2, -0.15) is 0 Å². The Morgan fingerprint density at radius 3 is 1.50 bits per heavy atom. The van der Waals surface area contributed by atoms with Crippen molar-refractivity contribution in [2.75, 3.05) is 53.4 Å². The van der Waals surface area contributed by atoms with E-state index in [2.05, 4.69) is 80.8 Å². The summed E-state index contributed by atoms with van der Waals surface area (Å²) >= 11 is 0. The van der Waals surface area contributed by atoms with E-state index in [1.165, 1.54) is 69.7 Å². The topological polar surface area (TPSA) is 9.72 Å². The quantitative estimate of drug-likeness (QED) is 0.717. The molecular weight excluding hydrogens is 318 g/mol. The van der Waals surface area contributed by atoms with Crippen molar-refractivity contribution >= 4 is 0 Å². The fraction of sp³-hybridized carbons (Fsp3) is 0.739. The Balaban J connectivity index is 0.000000359. The highest BCUT2D eigenvalue weighted by Crippen LogP contribution is 2.05. The number of hydrogen-bond donors (Lipinski definition) is 0. The maximum absolute atomic E-state index is 2.53. The maximum Gasteiger partial charge on any atom is 0.0112 e. The smallest absolute Gasteiger partial charge is 0.0112 e. The van der Waals surface area contributed by atoms with E-state index in [1.54, 1.807) is 0 Å². The van der Waals surface area contributed by atoms with E-state index in [0.717, 1.165) is 6.04 Å². The largest absolute Gasteiger partial charge is 0.306 e. The van der Waals surface area contributed by atoms with Crippen molar-refractivity contribution in [1.29, 1.82) is 0 Å². The van der Waals surface area contributed by atoms with Gasteiger partial charge in [-0.25, -0.2) is 0 Å². The van der Waals surface area contributed by atoms with Gasteiger partial charge in [0.15, 0.2) is 0 Å². The second-order valence-corrected chi connectivity index (χ2v) is 7.96. The SMILES string of the molecule is C.CC(C)N1CCN(C)CC1.CN1CCCCC1.Cc1cccc(C)c1. The highest BCUT2D eigenvalue weighted by Gasteiger charge is 2.15. The monoisotopic (exact) mass is 363 g/mol. The molecule has 0 bridgehead atoms. The van der Waals surface area contributed by atoms with Crippen LogP contribution in [0.15, 0.2) is 24.3 Å². The third-order valence-corrected chi connectivity index (χ3v) is 5.02. The van der Waals surface area contributed by atoms with Gasteiger partial charge < -0.3 is 9.80 Å². The fourth-order valence-corrected chi connectivity index (χ4v) is 3.20. The zero-order chi connectivity index (χ0) is 18.7. The average molecular weight is 364 g/mol. The molecule has 1 aromatic carbocycles. The van der Waals surface area contributed by atoms with E-state index in [0.29, 0.717) is 0 Å². The van der Waals surface area contributed by atoms with Gasteiger partial charge in [-0.15, -0.1) is 0 Å². The Morgan fingerprint density at radius 2 is 1.19 bits per heavy atom. The summed E-state index contributed by atoms with van der Waals surface area (Å²) in [4.78, 5) is 7.31. The van der Waals surface area contributed by atoms with E-state index < -0.39 is 0 Å². The number of benzene rings is 1. The van der Waals surface area contributed by atoms with Crippen LogP contribution in [0.25, 0.3) is 0 Å². The minimum atomic E-state index is 0. The highest BCUT2D eigenvalue weighted by molar-refractivity contribution is 5.20. The summed E-state index contributed by atoms with van der Waals surface area (Å²) in [5, 5.41) is 0. The van der Waals surface area contributed by atoms with Crippen LogP contribution in [0, 0.1) is 13.8 Å². The number of nitrogens with zero attached hydrogens (tertiary/aromatic N) is 3. The Bertz CT molecular complexity index is 427. The van der Waals surface area contributed by atoms with Crippen LogP contribution >= 0.6 is 0 Å². The molecule has 2 fully saturated rings. The summed E-state index contributed by atoms with van der Waals surface area (Å²) in [6.07, 6.45) is 4.28. The normalized spacial score (nSPS) is 18.9. The lowest BCUT2D eigenvalue weighted by atomic mass is 10.1. The fourth-order valence-electron chi connectivity index (χ4n) is 3.20. The number of piperazine rings is 1. The molecule has 2 heterocycles. The van der Waals surface area contributed by atoms with Crippen LogP contribution in [0.2, 0.25) is 0 Å². The molecule has 0 spiro atoms. The van der Waals surface area contributed by atoms with Crippen LogP contribution in [-0.4, -0.2) is 74.1 Å². The number of rotatable bonds is 1. The summed E-state index contributed by atoms with van der Waals surface area (Å²) in [5.41, 5.74) is 2.68. The zero-order valence-corrected chi connectivity index (χ0v) is 17.6. The first-order valence-electron chi connectivity index (χ1n) is 10.0. The number of hydrogen-bond acceptors (Lipinski definition) is 3. The van der Waals surface area contributed by atoms with Crippen molar-refractivity contribution in [3.8, 4) is 0 Å². The van der Waals surface area contributed by atoms with Gasteiger partial charge in [0.05, 0.1) is 0 Å². The predicted octanol–water partition coefficient (Wildman–Crippen LogP) is 4.68. The van der Waals surface area contributed by atoms with Crippen LogP contribution in [-0.2, 0) is 0 Å². The average Bonchev–Trinajstić information content (AvgIpc) is 2.57. The molecule has 0 amide bonds. The molecule has 26 heavy (non-hydrogen) atoms. The standard InChI is InChI=1S/C8H18N2.C8H10.C6H13N.CH4/c1-8(2)10-6-4-9(3)5-7-10;1-7-4-3-5-8(2)6-7;1-7-5-3-2-4-6-7;/h8H,4-7H2,1-3H3;3-6H,1-2H3;2-6H2,1H3;1H4. The molecule has 0 aromatic heterocycles. The summed E-state index contributed by atoms with van der Waals surface area (Å²) < 4.78 is 0. The first-order valence-corrected chi connectivity index (χ1v) is 10.0. The molecule has 0 atom stereocenters. The molecule has 1 aromatic rings. The lowest BCUT2D eigenvalue weighted by molar-refractivity contribution is 0.126. The maximum atomic E-state index is 2.53. The van der Waals surface area contributed by atoms with Gasteiger partial charge in [0.1, 0.15) is 0 Å². The van der Waals surface area contributed by atoms with Gasteiger partial charge in [-0.1, -0.05) is 49.2 Å². The third kappa shape index (κ3) is 11.7. The number of piperidine rings is 1. The van der Waals surface area contributed by atoms with E-state index in [4.69, 9.17) is 0 Å². The molecule has 2 saturated heterocycles. The minimum absolute atomic E-state index is 0. The second-order valence-electron chi connectivity index (χ2n) is 7.96. The van der Waals surface area contributed by atoms with Gasteiger partial charge >= 0.3 is 0 Å². The molecule has 3 nitrogen and oxygen atoms in total. The van der Waals surface area contributed by atoms with Gasteiger partial charge in [0.25, 0.3) is 0 Å². The van der Waals surface area contributed by atoms with Crippen molar-refractivity contribution in [2.45, 2.75) is 60.4 Å². The molecule has 0 radical (unpaired) electrons. The lowest BCUT2D eigenvalue weighted by Crippen LogP contribution is -2.47. The molecular formula is C23H45N3. The van der Waals surface area contributed by atoms with Crippen LogP contribution < -0.4 is 0 Å². The first kappa shape index (κ1) is 25.1. The van der Waals surface area contributed by atoms with Gasteiger partial charge in [0.2, 0.25) is 0 Å². The van der Waals surface area contributed by atoms with E-state index in [-0.39, 0.29) is 7.43 Å². The van der Waals surface area contributed by atoms with Crippen molar-refractivity contribution < 1.29 is 0 Å². The molecule has 2 aliphatic rings. The van der Waals surface area contributed by atoms with Crippen LogP contribution in [0.3, 0.4) is 0 Å². The van der Waals surface area contributed by atoms with Gasteiger partial charge in [0, 0.05) is 32.2 Å². The van der Waals surface area contributed by atoms with Crippen molar-refractivity contribution in [3.63, 3.8) is 0 Å². The van der Waals surface area contributed by atoms with E-state index >= 15 is 0 Å². The molecule has 3 rings (SSSR count). The van der Waals surface area contributed by atoms with Crippen LogP contribution in [0.5, 0.6) is 0 Å². The number of likely N-dealkylation sites (N-methyl/N-ethyl adjacent to an activating group) is 1. The molecule has 2 aliphatic heterocycles. The van der Waals surface area contributed by atoms with Crippen LogP contribution in [0.1, 0.15) is 51.7 Å². The predicted molar refractivity (Wildman–Crippen MR) is 118 cm³/mol. The second kappa shape index (κ2) is 14.2. The number of aryl methyl sites for hydroxylation is 2. The van der Waals surface area contributed by atoms with Crippen molar-refractivity contribution in [1.82, 2.24) is 14.7 Å². The summed E-state index contributed by atoms with van der Waals surface area (Å²) in [5.74, 6) is 0. The Kier molecular flexibility index (Phi) is 13.7. The molecule has 0 aliphatic carbocycles. The van der Waals surface area contributed by atoms with Gasteiger partial charge in [-0.3, -0.25) is 4.90 Å². The third-order valence-electron chi connectivity index (χ3n) is 5.02. The number of likely N-dealkylation sites (tertiary alicyclic amines) is 1. The first-order chi connectivity index (χ1) is 11.9. The lowest BCUT2D eigenvalue weighted by Gasteiger charge is -2.34. The van der Waals surface area contributed by atoms with Crippen LogP contribution in [0.4, 0.5) is 0 Å². The minimum Gasteiger partial charge on any atom is -0.306 e. The van der Waals surface area contributed by atoms with Gasteiger partial charge in [-0.05, 0) is 67.7 Å². The van der Waals surface area contributed by atoms with E-state index in [1.807, 2.05) is 0 Å². The highest BCUT2D eigenvalue weighted by atomic mass is 15.3. The Morgan fingerprint density at radius 1 is 0.731 bits per heavy atom.